The normalized spacial score (nSPS) is 19.0. The summed E-state index contributed by atoms with van der Waals surface area (Å²) in [7, 11) is 0. The van der Waals surface area contributed by atoms with Gasteiger partial charge in [-0.3, -0.25) is 9.13 Å². The summed E-state index contributed by atoms with van der Waals surface area (Å²) in [6.45, 7) is 4.85. The minimum atomic E-state index is -4.49. The third-order valence-electron chi connectivity index (χ3n) is 7.51. The van der Waals surface area contributed by atoms with E-state index in [9.17, 15) is 18.0 Å². The van der Waals surface area contributed by atoms with E-state index in [4.69, 9.17) is 5.73 Å². The van der Waals surface area contributed by atoms with Crippen molar-refractivity contribution in [3.05, 3.63) is 46.4 Å². The Morgan fingerprint density at radius 1 is 1.00 bits per heavy atom. The van der Waals surface area contributed by atoms with Gasteiger partial charge in [0.05, 0.1) is 22.3 Å². The van der Waals surface area contributed by atoms with Crippen LogP contribution in [0.4, 0.5) is 18.9 Å². The van der Waals surface area contributed by atoms with E-state index in [-0.39, 0.29) is 11.7 Å². The smallest absolute Gasteiger partial charge is 0.372 e. The van der Waals surface area contributed by atoms with Crippen molar-refractivity contribution in [2.24, 2.45) is 5.73 Å². The van der Waals surface area contributed by atoms with Crippen LogP contribution < -0.4 is 16.3 Å². The van der Waals surface area contributed by atoms with Crippen LogP contribution >= 0.6 is 11.8 Å². The number of rotatable bonds is 4. The van der Waals surface area contributed by atoms with Gasteiger partial charge >= 0.3 is 11.9 Å². The predicted molar refractivity (Wildman–Crippen MR) is 132 cm³/mol. The van der Waals surface area contributed by atoms with Gasteiger partial charge in [0.15, 0.2) is 0 Å². The molecule has 3 aliphatic heterocycles. The SMILES string of the molecule is NCCN1CCC(n2c(=O)n3c4c(cc(C(F)(F)F)cc42)Sc2cc(N4CCCC4)ccc2-3)CC1. The average molecular weight is 504 g/mol. The molecule has 2 aromatic carbocycles. The van der Waals surface area contributed by atoms with Crippen LogP contribution in [0.5, 0.6) is 0 Å². The Morgan fingerprint density at radius 2 is 1.74 bits per heavy atom. The van der Waals surface area contributed by atoms with Crippen LogP contribution in [0.2, 0.25) is 0 Å². The highest BCUT2D eigenvalue weighted by molar-refractivity contribution is 7.99. The maximum atomic E-state index is 13.9. The highest BCUT2D eigenvalue weighted by atomic mass is 32.2. The van der Waals surface area contributed by atoms with E-state index < -0.39 is 11.7 Å². The fraction of sp³-hybridized carbons (Fsp3) is 0.480. The van der Waals surface area contributed by atoms with Gasteiger partial charge in [-0.05, 0) is 56.0 Å². The molecular formula is C25H28F3N5OS. The summed E-state index contributed by atoms with van der Waals surface area (Å²) < 4.78 is 45.0. The summed E-state index contributed by atoms with van der Waals surface area (Å²) in [5, 5.41) is 0. The summed E-state index contributed by atoms with van der Waals surface area (Å²) in [4.78, 5) is 19.7. The minimum absolute atomic E-state index is 0.146. The quantitative estimate of drug-likeness (QED) is 0.445. The molecule has 0 saturated carbocycles. The molecule has 6 nitrogen and oxygen atoms in total. The number of hydrogen-bond donors (Lipinski definition) is 1. The lowest BCUT2D eigenvalue weighted by Gasteiger charge is -2.32. The third kappa shape index (κ3) is 3.86. The molecule has 6 rings (SSSR count). The first kappa shape index (κ1) is 23.0. The minimum Gasteiger partial charge on any atom is -0.372 e. The Bertz CT molecular complexity index is 1330. The van der Waals surface area contributed by atoms with Gasteiger partial charge in [-0.2, -0.15) is 13.2 Å². The van der Waals surface area contributed by atoms with Crippen LogP contribution in [0.25, 0.3) is 16.7 Å². The number of alkyl halides is 3. The van der Waals surface area contributed by atoms with Crippen molar-refractivity contribution in [1.29, 1.82) is 0 Å². The number of nitrogens with two attached hydrogens (primary N) is 1. The summed E-state index contributed by atoms with van der Waals surface area (Å²) in [5.41, 5.74) is 7.48. The first-order chi connectivity index (χ1) is 16.8. The molecule has 3 aromatic rings. The molecule has 0 bridgehead atoms. The first-order valence-corrected chi connectivity index (χ1v) is 13.0. The van der Waals surface area contributed by atoms with E-state index in [1.807, 2.05) is 18.2 Å². The van der Waals surface area contributed by atoms with E-state index in [1.54, 1.807) is 9.13 Å². The molecule has 2 N–H and O–H groups in total. The van der Waals surface area contributed by atoms with Gasteiger partial charge < -0.3 is 15.5 Å². The van der Waals surface area contributed by atoms with Crippen molar-refractivity contribution in [2.75, 3.05) is 44.2 Å². The molecule has 3 aliphatic rings. The van der Waals surface area contributed by atoms with Gasteiger partial charge in [-0.15, -0.1) is 0 Å². The van der Waals surface area contributed by atoms with Gasteiger partial charge in [-0.25, -0.2) is 4.79 Å². The number of likely N-dealkylation sites (tertiary alicyclic amines) is 1. The van der Waals surface area contributed by atoms with Crippen LogP contribution in [0, 0.1) is 0 Å². The molecule has 0 aliphatic carbocycles. The molecule has 35 heavy (non-hydrogen) atoms. The van der Waals surface area contributed by atoms with E-state index >= 15 is 0 Å². The van der Waals surface area contributed by atoms with Gasteiger partial charge in [0.25, 0.3) is 0 Å². The molecule has 186 valence electrons. The lowest BCUT2D eigenvalue weighted by Crippen LogP contribution is -2.39. The zero-order valence-corrected chi connectivity index (χ0v) is 20.2. The Balaban J connectivity index is 1.51. The molecule has 1 aromatic heterocycles. The molecule has 2 fully saturated rings. The maximum absolute atomic E-state index is 13.9. The van der Waals surface area contributed by atoms with E-state index in [0.29, 0.717) is 35.3 Å². The van der Waals surface area contributed by atoms with Crippen molar-refractivity contribution in [3.63, 3.8) is 0 Å². The van der Waals surface area contributed by atoms with Crippen LogP contribution in [-0.4, -0.2) is 53.3 Å². The monoisotopic (exact) mass is 503 g/mol. The van der Waals surface area contributed by atoms with Crippen molar-refractivity contribution in [3.8, 4) is 5.69 Å². The number of hydrogen-bond acceptors (Lipinski definition) is 5. The predicted octanol–water partition coefficient (Wildman–Crippen LogP) is 4.47. The van der Waals surface area contributed by atoms with Gasteiger partial charge in [0.1, 0.15) is 0 Å². The van der Waals surface area contributed by atoms with E-state index in [0.717, 1.165) is 67.9 Å². The molecule has 0 unspecified atom stereocenters. The molecule has 0 spiro atoms. The van der Waals surface area contributed by atoms with Crippen molar-refractivity contribution < 1.29 is 13.2 Å². The second-order valence-corrected chi connectivity index (χ2v) is 10.7. The second-order valence-electron chi connectivity index (χ2n) is 9.64. The van der Waals surface area contributed by atoms with Crippen LogP contribution in [0.15, 0.2) is 44.9 Å². The van der Waals surface area contributed by atoms with Crippen LogP contribution in [0.1, 0.15) is 37.3 Å². The first-order valence-electron chi connectivity index (χ1n) is 12.2. The number of nitrogens with zero attached hydrogens (tertiary/aromatic N) is 4. The molecule has 10 heteroatoms. The average Bonchev–Trinajstić information content (AvgIpc) is 3.47. The van der Waals surface area contributed by atoms with Gasteiger partial charge in [0, 0.05) is 60.8 Å². The van der Waals surface area contributed by atoms with Crippen molar-refractivity contribution in [1.82, 2.24) is 14.0 Å². The Kier molecular flexibility index (Phi) is 5.65. The molecule has 0 atom stereocenters. The molecule has 0 radical (unpaired) electrons. The third-order valence-corrected chi connectivity index (χ3v) is 8.58. The summed E-state index contributed by atoms with van der Waals surface area (Å²) in [5.74, 6) is 0. The van der Waals surface area contributed by atoms with Crippen LogP contribution in [0.3, 0.4) is 0 Å². The molecule has 4 heterocycles. The lowest BCUT2D eigenvalue weighted by molar-refractivity contribution is -0.137. The highest BCUT2D eigenvalue weighted by Crippen LogP contribution is 2.46. The summed E-state index contributed by atoms with van der Waals surface area (Å²) in [6.07, 6.45) is -0.808. The number of benzene rings is 2. The lowest BCUT2D eigenvalue weighted by atomic mass is 10.0. The van der Waals surface area contributed by atoms with E-state index in [1.165, 1.54) is 17.8 Å². The highest BCUT2D eigenvalue weighted by Gasteiger charge is 2.36. The molecule has 0 amide bonds. The number of aromatic nitrogens is 2. The number of piperidine rings is 1. The van der Waals surface area contributed by atoms with Gasteiger partial charge in [0.2, 0.25) is 0 Å². The summed E-state index contributed by atoms with van der Waals surface area (Å²) >= 11 is 1.33. The van der Waals surface area contributed by atoms with E-state index in [2.05, 4.69) is 9.80 Å². The molecular weight excluding hydrogens is 475 g/mol. The number of fused-ring (bicyclic) bond motifs is 2. The second kappa shape index (κ2) is 8.60. The van der Waals surface area contributed by atoms with Crippen LogP contribution in [-0.2, 0) is 6.18 Å². The standard InChI is InChI=1S/C25H28F3N5OS/c26-25(27,28)16-13-20-23-22(14-16)35-21-15-18(31-8-1-2-9-31)3-4-19(21)33(23)24(34)32(20)17-5-10-30(11-6-17)12-7-29/h3-4,13-15,17H,1-2,5-12,29H2. The summed E-state index contributed by atoms with van der Waals surface area (Å²) in [6, 6.07) is 8.21. The fourth-order valence-electron chi connectivity index (χ4n) is 5.77. The zero-order valence-electron chi connectivity index (χ0n) is 19.4. The number of halogens is 3. The fourth-order valence-corrected chi connectivity index (χ4v) is 6.93. The van der Waals surface area contributed by atoms with Crippen molar-refractivity contribution >= 4 is 28.5 Å². The zero-order chi connectivity index (χ0) is 24.3. The Labute approximate surface area is 205 Å². The number of imidazole rings is 1. The maximum Gasteiger partial charge on any atom is 0.416 e. The topological polar surface area (TPSA) is 59.4 Å². The van der Waals surface area contributed by atoms with Crippen molar-refractivity contribution in [2.45, 2.75) is 47.7 Å². The van der Waals surface area contributed by atoms with Gasteiger partial charge in [-0.1, -0.05) is 11.8 Å². The molecule has 2 saturated heterocycles. The Morgan fingerprint density at radius 3 is 2.43 bits per heavy atom. The largest absolute Gasteiger partial charge is 0.416 e. The number of anilines is 1. The Hall–Kier alpha value is -2.43.